The van der Waals surface area contributed by atoms with Gasteiger partial charge in [-0.25, -0.2) is 24.2 Å². The predicted octanol–water partition coefficient (Wildman–Crippen LogP) is 3.22. The summed E-state index contributed by atoms with van der Waals surface area (Å²) in [6, 6.07) is 11.5. The topological polar surface area (TPSA) is 71.8 Å². The highest BCUT2D eigenvalue weighted by Crippen LogP contribution is 2.29. The van der Waals surface area contributed by atoms with Crippen molar-refractivity contribution < 1.29 is 8.78 Å². The third kappa shape index (κ3) is 3.03. The number of halogens is 2. The number of rotatable bonds is 3. The molecule has 0 fully saturated rings. The molecule has 144 valence electrons. The van der Waals surface area contributed by atoms with E-state index in [4.69, 9.17) is 0 Å². The lowest BCUT2D eigenvalue weighted by molar-refractivity contribution is 0.541. The molecule has 6 nitrogen and oxygen atoms in total. The second-order valence-corrected chi connectivity index (χ2v) is 6.82. The third-order valence-corrected chi connectivity index (χ3v) is 5.00. The molecule has 0 radical (unpaired) electrons. The van der Waals surface area contributed by atoms with E-state index in [1.807, 2.05) is 12.1 Å². The average molecular weight is 391 g/mol. The first-order valence-corrected chi connectivity index (χ1v) is 9.00. The largest absolute Gasteiger partial charge is 0.321 e. The fraction of sp³-hybridized carbons (Fsp3) is 0.0952. The number of nitrogens with one attached hydrogen (secondary N) is 2. The van der Waals surface area contributed by atoms with Crippen LogP contribution >= 0.6 is 0 Å². The Balaban J connectivity index is 1.52. The van der Waals surface area contributed by atoms with Crippen LogP contribution < -0.4 is 16.4 Å². The van der Waals surface area contributed by atoms with Crippen molar-refractivity contribution in [1.82, 2.24) is 20.0 Å². The molecule has 0 atom stereocenters. The zero-order valence-electron chi connectivity index (χ0n) is 15.1. The lowest BCUT2D eigenvalue weighted by Gasteiger charge is -2.11. The fourth-order valence-electron chi connectivity index (χ4n) is 3.47. The van der Waals surface area contributed by atoms with Gasteiger partial charge in [-0.3, -0.25) is 9.36 Å². The molecule has 0 aliphatic carbocycles. The summed E-state index contributed by atoms with van der Waals surface area (Å²) in [6.45, 7) is 0.368. The molecular weight excluding hydrogens is 376 g/mol. The number of aromatic nitrogens is 3. The molecule has 0 unspecified atom stereocenters. The Morgan fingerprint density at radius 3 is 2.69 bits per heavy atom. The van der Waals surface area contributed by atoms with Crippen LogP contribution in [0.4, 0.5) is 14.5 Å². The number of hydrogen-bond donors (Lipinski definition) is 2. The molecule has 4 aromatic rings. The van der Waals surface area contributed by atoms with E-state index in [2.05, 4.69) is 20.8 Å². The monoisotopic (exact) mass is 391 g/mol. The lowest BCUT2D eigenvalue weighted by Crippen LogP contribution is -2.23. The molecule has 1 aliphatic rings. The van der Waals surface area contributed by atoms with E-state index in [0.29, 0.717) is 23.2 Å². The summed E-state index contributed by atoms with van der Waals surface area (Å²) in [5, 5.41) is 0. The molecule has 2 aromatic carbocycles. The summed E-state index contributed by atoms with van der Waals surface area (Å²) in [6.07, 6.45) is 2.76. The summed E-state index contributed by atoms with van der Waals surface area (Å²) in [4.78, 5) is 20.7. The number of anilines is 1. The number of hydrazine groups is 1. The highest BCUT2D eigenvalue weighted by Gasteiger charge is 2.16. The predicted molar refractivity (Wildman–Crippen MR) is 105 cm³/mol. The Morgan fingerprint density at radius 1 is 1.03 bits per heavy atom. The Hall–Kier alpha value is -3.65. The van der Waals surface area contributed by atoms with Crippen molar-refractivity contribution in [2.45, 2.75) is 13.1 Å². The average Bonchev–Trinajstić information content (AvgIpc) is 3.20. The molecule has 5 rings (SSSR count). The van der Waals surface area contributed by atoms with E-state index < -0.39 is 17.2 Å². The van der Waals surface area contributed by atoms with Gasteiger partial charge in [0.05, 0.1) is 24.1 Å². The Labute approximate surface area is 163 Å². The van der Waals surface area contributed by atoms with E-state index in [0.717, 1.165) is 15.8 Å². The van der Waals surface area contributed by atoms with Crippen LogP contribution in [0.3, 0.4) is 0 Å². The van der Waals surface area contributed by atoms with Crippen LogP contribution in [0.15, 0.2) is 59.8 Å². The summed E-state index contributed by atoms with van der Waals surface area (Å²) in [5.74, 6) is -1.44. The molecule has 0 bridgehead atoms. The number of pyridine rings is 1. The standard InChI is InChI=1S/C21H15F2N5O/c22-16-7-13(12-3-4-18-14(6-12)9-26-27-18)8-17(23)15(16)10-28-11-25-19-2-1-5-24-20(19)21(28)29/h1-8,11,26-27H,9-10H2. The van der Waals surface area contributed by atoms with E-state index >= 15 is 0 Å². The van der Waals surface area contributed by atoms with Gasteiger partial charge < -0.3 is 5.43 Å². The van der Waals surface area contributed by atoms with Crippen molar-refractivity contribution >= 4 is 16.7 Å². The maximum Gasteiger partial charge on any atom is 0.280 e. The molecular formula is C21H15F2N5O. The maximum atomic E-state index is 14.8. The van der Waals surface area contributed by atoms with Gasteiger partial charge in [-0.15, -0.1) is 0 Å². The number of nitrogens with zero attached hydrogens (tertiary/aromatic N) is 3. The van der Waals surface area contributed by atoms with Crippen LogP contribution in [-0.2, 0) is 13.1 Å². The van der Waals surface area contributed by atoms with Crippen LogP contribution in [0.2, 0.25) is 0 Å². The van der Waals surface area contributed by atoms with Crippen LogP contribution in [-0.4, -0.2) is 14.5 Å². The van der Waals surface area contributed by atoms with Crippen molar-refractivity contribution in [2.24, 2.45) is 0 Å². The molecule has 0 spiro atoms. The molecule has 29 heavy (non-hydrogen) atoms. The Kier molecular flexibility index (Phi) is 4.06. The van der Waals surface area contributed by atoms with Crippen LogP contribution in [0.1, 0.15) is 11.1 Å². The van der Waals surface area contributed by atoms with E-state index in [1.54, 1.807) is 18.2 Å². The molecule has 0 amide bonds. The van der Waals surface area contributed by atoms with Crippen molar-refractivity contribution in [1.29, 1.82) is 0 Å². The molecule has 8 heteroatoms. The Bertz CT molecular complexity index is 1300. The number of benzene rings is 2. The second-order valence-electron chi connectivity index (χ2n) is 6.82. The minimum atomic E-state index is -0.718. The molecule has 2 N–H and O–H groups in total. The van der Waals surface area contributed by atoms with E-state index in [9.17, 15) is 13.6 Å². The zero-order valence-corrected chi connectivity index (χ0v) is 15.1. The minimum Gasteiger partial charge on any atom is -0.321 e. The SMILES string of the molecule is O=c1c2ncccc2ncn1Cc1c(F)cc(-c2ccc3c(c2)CNN3)cc1F. The van der Waals surface area contributed by atoms with E-state index in [1.165, 1.54) is 24.7 Å². The summed E-state index contributed by atoms with van der Waals surface area (Å²) in [5.41, 5.74) is 9.09. The summed E-state index contributed by atoms with van der Waals surface area (Å²) in [7, 11) is 0. The van der Waals surface area contributed by atoms with Gasteiger partial charge in [0.15, 0.2) is 5.52 Å². The fourth-order valence-corrected chi connectivity index (χ4v) is 3.47. The number of fused-ring (bicyclic) bond motifs is 2. The lowest BCUT2D eigenvalue weighted by atomic mass is 10.00. The van der Waals surface area contributed by atoms with Gasteiger partial charge in [0.25, 0.3) is 5.56 Å². The first-order valence-electron chi connectivity index (χ1n) is 9.00. The van der Waals surface area contributed by atoms with Gasteiger partial charge in [-0.05, 0) is 53.1 Å². The second kappa shape index (κ2) is 6.75. The molecule has 3 heterocycles. The van der Waals surface area contributed by atoms with Crippen LogP contribution in [0, 0.1) is 11.6 Å². The van der Waals surface area contributed by atoms with Gasteiger partial charge in [0.1, 0.15) is 11.6 Å². The van der Waals surface area contributed by atoms with Gasteiger partial charge in [-0.2, -0.15) is 0 Å². The molecule has 1 aliphatic heterocycles. The molecule has 2 aromatic heterocycles. The highest BCUT2D eigenvalue weighted by molar-refractivity contribution is 5.72. The van der Waals surface area contributed by atoms with Crippen molar-refractivity contribution in [3.8, 4) is 11.1 Å². The highest BCUT2D eigenvalue weighted by atomic mass is 19.1. The normalized spacial score (nSPS) is 12.8. The van der Waals surface area contributed by atoms with Crippen molar-refractivity contribution in [3.05, 3.63) is 88.1 Å². The molecule has 0 saturated heterocycles. The van der Waals surface area contributed by atoms with Gasteiger partial charge >= 0.3 is 0 Å². The van der Waals surface area contributed by atoms with Crippen molar-refractivity contribution in [3.63, 3.8) is 0 Å². The summed E-state index contributed by atoms with van der Waals surface area (Å²) >= 11 is 0. The third-order valence-electron chi connectivity index (χ3n) is 5.00. The van der Waals surface area contributed by atoms with Gasteiger partial charge in [0, 0.05) is 18.3 Å². The smallest absolute Gasteiger partial charge is 0.280 e. The first-order chi connectivity index (χ1) is 14.1. The van der Waals surface area contributed by atoms with E-state index in [-0.39, 0.29) is 17.6 Å². The van der Waals surface area contributed by atoms with Crippen LogP contribution in [0.25, 0.3) is 22.2 Å². The zero-order chi connectivity index (χ0) is 20.0. The summed E-state index contributed by atoms with van der Waals surface area (Å²) < 4.78 is 30.7. The minimum absolute atomic E-state index is 0.160. The quantitative estimate of drug-likeness (QED) is 0.561. The van der Waals surface area contributed by atoms with Crippen molar-refractivity contribution in [2.75, 3.05) is 5.43 Å². The molecule has 0 saturated carbocycles. The maximum absolute atomic E-state index is 14.8. The van der Waals surface area contributed by atoms with Gasteiger partial charge in [-0.1, -0.05) is 6.07 Å². The number of hydrogen-bond acceptors (Lipinski definition) is 5. The van der Waals surface area contributed by atoms with Gasteiger partial charge in [0.2, 0.25) is 0 Å². The first kappa shape index (κ1) is 17.4. The van der Waals surface area contributed by atoms with Crippen LogP contribution in [0.5, 0.6) is 0 Å². The Morgan fingerprint density at radius 2 is 1.86 bits per heavy atom.